The van der Waals surface area contributed by atoms with Crippen LogP contribution < -0.4 is 4.74 Å². The summed E-state index contributed by atoms with van der Waals surface area (Å²) in [5.41, 5.74) is 2.79. The molecule has 0 aliphatic heterocycles. The fraction of sp³-hybridized carbons (Fsp3) is 0.833. The smallest absolute Gasteiger partial charge is 0.122 e. The lowest BCUT2D eigenvalue weighted by Gasteiger charge is -2.61. The van der Waals surface area contributed by atoms with Gasteiger partial charge >= 0.3 is 0 Å². The molecule has 1 aromatic heterocycles. The maximum atomic E-state index is 6.31. The summed E-state index contributed by atoms with van der Waals surface area (Å²) < 4.78 is 11.7. The first-order valence-corrected chi connectivity index (χ1v) is 13.9. The van der Waals surface area contributed by atoms with E-state index in [0.717, 1.165) is 47.7 Å². The van der Waals surface area contributed by atoms with E-state index in [-0.39, 0.29) is 0 Å². The minimum atomic E-state index is 0.517. The van der Waals surface area contributed by atoms with Crippen molar-refractivity contribution in [2.45, 2.75) is 91.1 Å². The summed E-state index contributed by atoms with van der Waals surface area (Å²) in [6, 6.07) is 4.07. The Bertz CT molecular complexity index is 901. The van der Waals surface area contributed by atoms with Gasteiger partial charge in [-0.15, -0.1) is 0 Å². The summed E-state index contributed by atoms with van der Waals surface area (Å²) in [6.45, 7) is 7.92. The number of rotatable bonds is 6. The first kappa shape index (κ1) is 22.4. The van der Waals surface area contributed by atoms with Crippen molar-refractivity contribution in [2.75, 3.05) is 14.2 Å². The van der Waals surface area contributed by atoms with Gasteiger partial charge in [0.1, 0.15) is 5.75 Å². The lowest BCUT2D eigenvalue weighted by atomic mass is 9.45. The molecule has 5 aliphatic rings. The molecule has 5 fully saturated rings. The highest BCUT2D eigenvalue weighted by Crippen LogP contribution is 2.82. The first-order chi connectivity index (χ1) is 15.9. The minimum Gasteiger partial charge on any atom is -0.497 e. The number of aryl methyl sites for hydroxylation is 1. The zero-order valence-electron chi connectivity index (χ0n) is 21.6. The fourth-order valence-corrected chi connectivity index (χ4v) is 10.9. The van der Waals surface area contributed by atoms with Crippen LogP contribution in [0, 0.1) is 51.8 Å². The molecule has 0 bridgehead atoms. The Balaban J connectivity index is 1.19. The number of fused-ring (bicyclic) bond motifs is 4. The third kappa shape index (κ3) is 2.99. The Kier molecular flexibility index (Phi) is 5.22. The maximum absolute atomic E-state index is 6.31. The highest BCUT2D eigenvalue weighted by atomic mass is 16.5. The number of methoxy groups -OCH3 is 2. The van der Waals surface area contributed by atoms with Crippen molar-refractivity contribution in [1.82, 2.24) is 4.98 Å². The van der Waals surface area contributed by atoms with E-state index >= 15 is 0 Å². The molecule has 182 valence electrons. The van der Waals surface area contributed by atoms with Gasteiger partial charge in [-0.25, -0.2) is 0 Å². The molecule has 10 atom stereocenters. The Morgan fingerprint density at radius 2 is 1.94 bits per heavy atom. The lowest BCUT2D eigenvalue weighted by molar-refractivity contribution is -0.161. The second-order valence-electron chi connectivity index (χ2n) is 13.2. The van der Waals surface area contributed by atoms with Gasteiger partial charge in [-0.3, -0.25) is 4.98 Å². The van der Waals surface area contributed by atoms with Crippen LogP contribution in [0.2, 0.25) is 0 Å². The second kappa shape index (κ2) is 7.70. The molecule has 3 heteroatoms. The summed E-state index contributed by atoms with van der Waals surface area (Å²) in [7, 11) is 3.76. The van der Waals surface area contributed by atoms with Gasteiger partial charge in [0.2, 0.25) is 0 Å². The summed E-state index contributed by atoms with van der Waals surface area (Å²) in [5, 5.41) is 0. The molecular weight excluding hydrogens is 406 g/mol. The third-order valence-electron chi connectivity index (χ3n) is 12.5. The molecule has 1 spiro atoms. The van der Waals surface area contributed by atoms with Crippen LogP contribution in [-0.4, -0.2) is 25.3 Å². The molecule has 0 saturated heterocycles. The summed E-state index contributed by atoms with van der Waals surface area (Å²) >= 11 is 0. The van der Waals surface area contributed by atoms with Gasteiger partial charge in [0, 0.05) is 30.5 Å². The van der Waals surface area contributed by atoms with E-state index in [1.165, 1.54) is 63.5 Å². The number of hydrogen-bond acceptors (Lipinski definition) is 3. The molecule has 33 heavy (non-hydrogen) atoms. The average Bonchev–Trinajstić information content (AvgIpc) is 3.33. The highest BCUT2D eigenvalue weighted by molar-refractivity contribution is 5.26. The molecule has 0 radical (unpaired) electrons. The van der Waals surface area contributed by atoms with Crippen molar-refractivity contribution in [3.05, 3.63) is 24.0 Å². The van der Waals surface area contributed by atoms with Crippen LogP contribution >= 0.6 is 0 Å². The molecule has 5 aliphatic carbocycles. The molecule has 6 rings (SSSR count). The normalized spacial score (nSPS) is 48.4. The largest absolute Gasteiger partial charge is 0.497 e. The molecular formula is C30H45NO2. The SMILES string of the molecule is COc1ccnc(CCC(C)[C@H]2CC[C@H]3[C@@H]4CC(OC)[C@]56C[C@H]5CC[C@]6(C)[C@H]4CC[C@]23C)c1. The number of pyridine rings is 1. The van der Waals surface area contributed by atoms with Crippen LogP contribution in [0.1, 0.15) is 84.3 Å². The molecule has 3 nitrogen and oxygen atoms in total. The van der Waals surface area contributed by atoms with Gasteiger partial charge in [-0.05, 0) is 117 Å². The van der Waals surface area contributed by atoms with E-state index in [0.29, 0.717) is 22.3 Å². The van der Waals surface area contributed by atoms with Gasteiger partial charge in [0.15, 0.2) is 0 Å². The van der Waals surface area contributed by atoms with E-state index < -0.39 is 0 Å². The molecule has 0 N–H and O–H groups in total. The lowest BCUT2D eigenvalue weighted by Crippen LogP contribution is -2.57. The van der Waals surface area contributed by atoms with Gasteiger partial charge in [-0.2, -0.15) is 0 Å². The van der Waals surface area contributed by atoms with Gasteiger partial charge < -0.3 is 9.47 Å². The summed E-state index contributed by atoms with van der Waals surface area (Å²) in [5.74, 6) is 6.26. The number of ether oxygens (including phenoxy) is 2. The molecule has 0 aromatic carbocycles. The molecule has 1 heterocycles. The van der Waals surface area contributed by atoms with E-state index in [1.54, 1.807) is 7.11 Å². The average molecular weight is 452 g/mol. The Morgan fingerprint density at radius 3 is 2.70 bits per heavy atom. The summed E-state index contributed by atoms with van der Waals surface area (Å²) in [4.78, 5) is 4.61. The van der Waals surface area contributed by atoms with E-state index in [9.17, 15) is 0 Å². The number of nitrogens with zero attached hydrogens (tertiary/aromatic N) is 1. The van der Waals surface area contributed by atoms with Crippen molar-refractivity contribution in [3.8, 4) is 5.75 Å². The van der Waals surface area contributed by atoms with E-state index in [1.807, 2.05) is 19.4 Å². The Hall–Kier alpha value is -1.09. The van der Waals surface area contributed by atoms with Gasteiger partial charge in [0.05, 0.1) is 13.2 Å². The quantitative estimate of drug-likeness (QED) is 0.469. The van der Waals surface area contributed by atoms with Crippen LogP contribution in [0.3, 0.4) is 0 Å². The predicted octanol–water partition coefficient (Wildman–Crippen LogP) is 6.94. The van der Waals surface area contributed by atoms with Crippen molar-refractivity contribution < 1.29 is 9.47 Å². The van der Waals surface area contributed by atoms with E-state index in [4.69, 9.17) is 9.47 Å². The van der Waals surface area contributed by atoms with Crippen molar-refractivity contribution in [1.29, 1.82) is 0 Å². The number of hydrogen-bond donors (Lipinski definition) is 0. The second-order valence-corrected chi connectivity index (χ2v) is 13.2. The van der Waals surface area contributed by atoms with Crippen LogP contribution in [-0.2, 0) is 11.2 Å². The molecule has 2 unspecified atom stereocenters. The first-order valence-electron chi connectivity index (χ1n) is 13.9. The topological polar surface area (TPSA) is 31.4 Å². The Labute approximate surface area is 201 Å². The molecule has 5 saturated carbocycles. The van der Waals surface area contributed by atoms with Crippen LogP contribution in [0.15, 0.2) is 18.3 Å². The Morgan fingerprint density at radius 1 is 1.09 bits per heavy atom. The fourth-order valence-electron chi connectivity index (χ4n) is 10.9. The van der Waals surface area contributed by atoms with Gasteiger partial charge in [-0.1, -0.05) is 20.8 Å². The third-order valence-corrected chi connectivity index (χ3v) is 12.5. The summed E-state index contributed by atoms with van der Waals surface area (Å²) in [6.07, 6.45) is 16.3. The zero-order valence-corrected chi connectivity index (χ0v) is 21.6. The maximum Gasteiger partial charge on any atom is 0.122 e. The van der Waals surface area contributed by atoms with Crippen molar-refractivity contribution >= 4 is 0 Å². The minimum absolute atomic E-state index is 0.517. The van der Waals surface area contributed by atoms with Crippen LogP contribution in [0.25, 0.3) is 0 Å². The molecule has 0 amide bonds. The van der Waals surface area contributed by atoms with Crippen molar-refractivity contribution in [2.24, 2.45) is 51.8 Å². The number of aromatic nitrogens is 1. The van der Waals surface area contributed by atoms with Crippen molar-refractivity contribution in [3.63, 3.8) is 0 Å². The monoisotopic (exact) mass is 451 g/mol. The standard InChI is InChI=1S/C30H45NO2/c1-19(6-7-21-16-22(32-4)12-15-31-21)24-8-9-25-23-17-27(33-5)30-18-20(30)10-14-29(30,3)26(23)11-13-28(24,25)2/h12,15-16,19-20,23-27H,6-11,13-14,17-18H2,1-5H3/t19?,20-,23+,24-,25+,26+,27?,28-,29-,30+/m1/s1. The van der Waals surface area contributed by atoms with Gasteiger partial charge in [0.25, 0.3) is 0 Å². The van der Waals surface area contributed by atoms with Crippen LogP contribution in [0.5, 0.6) is 5.75 Å². The predicted molar refractivity (Wildman–Crippen MR) is 132 cm³/mol. The van der Waals surface area contributed by atoms with E-state index in [2.05, 4.69) is 31.8 Å². The van der Waals surface area contributed by atoms with Crippen LogP contribution in [0.4, 0.5) is 0 Å². The zero-order chi connectivity index (χ0) is 23.0. The molecule has 1 aromatic rings. The highest BCUT2D eigenvalue weighted by Gasteiger charge is 2.77.